The molecule has 0 saturated carbocycles. The molecule has 1 unspecified atom stereocenters. The van der Waals surface area contributed by atoms with Crippen LogP contribution in [0.1, 0.15) is 49.4 Å². The van der Waals surface area contributed by atoms with Gasteiger partial charge in [-0.05, 0) is 25.0 Å². The zero-order valence-corrected chi connectivity index (χ0v) is 12.4. The number of ketones is 1. The molecule has 0 spiro atoms. The number of esters is 1. The van der Waals surface area contributed by atoms with E-state index in [1.165, 1.54) is 12.1 Å². The highest BCUT2D eigenvalue weighted by molar-refractivity contribution is 5.94. The van der Waals surface area contributed by atoms with Crippen molar-refractivity contribution in [3.63, 3.8) is 0 Å². The lowest BCUT2D eigenvalue weighted by Crippen LogP contribution is -2.37. The van der Waals surface area contributed by atoms with Crippen LogP contribution in [0.25, 0.3) is 0 Å². The van der Waals surface area contributed by atoms with Crippen LogP contribution < -0.4 is 0 Å². The third-order valence-corrected chi connectivity index (χ3v) is 3.15. The van der Waals surface area contributed by atoms with Crippen molar-refractivity contribution in [3.8, 4) is 0 Å². The first kappa shape index (κ1) is 18.2. The van der Waals surface area contributed by atoms with Gasteiger partial charge >= 0.3 is 12.1 Å². The molecule has 1 aromatic carbocycles. The number of hydrogen-bond acceptors (Lipinski definition) is 3. The predicted octanol–water partition coefficient (Wildman–Crippen LogP) is 4.31. The average molecular weight is 316 g/mol. The minimum absolute atomic E-state index is 0.114. The quantitative estimate of drug-likeness (QED) is 0.530. The Morgan fingerprint density at radius 1 is 1.09 bits per heavy atom. The number of rotatable bonds is 8. The molecule has 0 amide bonds. The van der Waals surface area contributed by atoms with Crippen LogP contribution in [0.3, 0.4) is 0 Å². The zero-order chi connectivity index (χ0) is 16.6. The van der Waals surface area contributed by atoms with Crippen molar-refractivity contribution < 1.29 is 27.5 Å². The van der Waals surface area contributed by atoms with Gasteiger partial charge in [0.2, 0.25) is 0 Å². The number of halogens is 3. The molecule has 0 aliphatic carbocycles. The van der Waals surface area contributed by atoms with E-state index in [0.29, 0.717) is 12.8 Å². The van der Waals surface area contributed by atoms with Gasteiger partial charge in [0.05, 0.1) is 5.56 Å². The molecule has 0 saturated heterocycles. The van der Waals surface area contributed by atoms with Crippen molar-refractivity contribution >= 4 is 11.8 Å². The highest BCUT2D eigenvalue weighted by atomic mass is 19.4. The lowest BCUT2D eigenvalue weighted by atomic mass is 10.1. The summed E-state index contributed by atoms with van der Waals surface area (Å²) >= 11 is 0. The molecule has 1 atom stereocenters. The van der Waals surface area contributed by atoms with Crippen LogP contribution in [0.15, 0.2) is 30.3 Å². The molecule has 3 nitrogen and oxygen atoms in total. The average Bonchev–Trinajstić information content (AvgIpc) is 2.49. The first-order valence-electron chi connectivity index (χ1n) is 7.23. The van der Waals surface area contributed by atoms with Gasteiger partial charge in [0.1, 0.15) is 0 Å². The number of hydrogen-bond donors (Lipinski definition) is 0. The standard InChI is InChI=1S/C16H19F3O3/c1-2-3-4-8-11-13(14(20)16(17,18)19)22-15(21)12-9-6-5-7-10-12/h5-7,9-10,13H,2-4,8,11H2,1H3. The van der Waals surface area contributed by atoms with Gasteiger partial charge in [0.15, 0.2) is 6.10 Å². The van der Waals surface area contributed by atoms with Gasteiger partial charge in [-0.3, -0.25) is 4.79 Å². The summed E-state index contributed by atoms with van der Waals surface area (Å²) in [7, 11) is 0. The molecule has 0 aliphatic heterocycles. The van der Waals surface area contributed by atoms with Crippen molar-refractivity contribution in [1.29, 1.82) is 0 Å². The zero-order valence-electron chi connectivity index (χ0n) is 12.4. The predicted molar refractivity (Wildman–Crippen MR) is 75.5 cm³/mol. The Labute approximate surface area is 127 Å². The second kappa shape index (κ2) is 8.56. The van der Waals surface area contributed by atoms with E-state index < -0.39 is 24.0 Å². The van der Waals surface area contributed by atoms with Crippen LogP contribution in [0.5, 0.6) is 0 Å². The minimum Gasteiger partial charge on any atom is -0.450 e. The first-order chi connectivity index (χ1) is 10.4. The molecule has 1 aromatic rings. The SMILES string of the molecule is CCCCCCC(OC(=O)c1ccccc1)C(=O)C(F)(F)F. The number of benzene rings is 1. The summed E-state index contributed by atoms with van der Waals surface area (Å²) in [6.07, 6.45) is -4.02. The maximum Gasteiger partial charge on any atom is 0.453 e. The highest BCUT2D eigenvalue weighted by Gasteiger charge is 2.45. The maximum atomic E-state index is 12.6. The molecule has 1 rings (SSSR count). The summed E-state index contributed by atoms with van der Waals surface area (Å²) in [4.78, 5) is 23.2. The van der Waals surface area contributed by atoms with Gasteiger partial charge in [-0.25, -0.2) is 4.79 Å². The van der Waals surface area contributed by atoms with Crippen molar-refractivity contribution in [2.45, 2.75) is 51.3 Å². The summed E-state index contributed by atoms with van der Waals surface area (Å²) < 4.78 is 42.6. The van der Waals surface area contributed by atoms with E-state index in [4.69, 9.17) is 4.74 Å². The summed E-state index contributed by atoms with van der Waals surface area (Å²) in [6, 6.07) is 7.65. The molecule has 22 heavy (non-hydrogen) atoms. The summed E-state index contributed by atoms with van der Waals surface area (Å²) in [5, 5.41) is 0. The number of carbonyl (C=O) groups is 2. The van der Waals surface area contributed by atoms with E-state index in [9.17, 15) is 22.8 Å². The monoisotopic (exact) mass is 316 g/mol. The van der Waals surface area contributed by atoms with Crippen molar-refractivity contribution in [1.82, 2.24) is 0 Å². The van der Waals surface area contributed by atoms with Crippen LogP contribution in [-0.4, -0.2) is 24.0 Å². The molecule has 0 bridgehead atoms. The lowest BCUT2D eigenvalue weighted by Gasteiger charge is -2.18. The van der Waals surface area contributed by atoms with E-state index in [1.54, 1.807) is 18.2 Å². The Bertz CT molecular complexity index is 483. The van der Waals surface area contributed by atoms with Gasteiger partial charge in [-0.15, -0.1) is 0 Å². The maximum absolute atomic E-state index is 12.6. The molecule has 0 aromatic heterocycles. The Hall–Kier alpha value is -1.85. The molecule has 0 radical (unpaired) electrons. The topological polar surface area (TPSA) is 43.4 Å². The normalized spacial score (nSPS) is 12.7. The second-order valence-corrected chi connectivity index (χ2v) is 4.97. The van der Waals surface area contributed by atoms with Crippen LogP contribution in [-0.2, 0) is 9.53 Å². The fourth-order valence-electron chi connectivity index (χ4n) is 1.95. The van der Waals surface area contributed by atoms with Crippen LogP contribution in [0, 0.1) is 0 Å². The number of unbranched alkanes of at least 4 members (excludes halogenated alkanes) is 3. The Morgan fingerprint density at radius 3 is 2.27 bits per heavy atom. The van der Waals surface area contributed by atoms with Crippen molar-refractivity contribution in [2.75, 3.05) is 0 Å². The number of ether oxygens (including phenoxy) is 1. The molecule has 0 aliphatic rings. The lowest BCUT2D eigenvalue weighted by molar-refractivity contribution is -0.180. The van der Waals surface area contributed by atoms with E-state index in [2.05, 4.69) is 0 Å². The second-order valence-electron chi connectivity index (χ2n) is 4.97. The molecular formula is C16H19F3O3. The number of carbonyl (C=O) groups excluding carboxylic acids is 2. The Balaban J connectivity index is 2.72. The molecular weight excluding hydrogens is 297 g/mol. The summed E-state index contributed by atoms with van der Waals surface area (Å²) in [6.45, 7) is 1.97. The van der Waals surface area contributed by atoms with E-state index >= 15 is 0 Å². The summed E-state index contributed by atoms with van der Waals surface area (Å²) in [5.74, 6) is -2.92. The smallest absolute Gasteiger partial charge is 0.450 e. The van der Waals surface area contributed by atoms with E-state index in [1.807, 2.05) is 6.92 Å². The molecule has 122 valence electrons. The van der Waals surface area contributed by atoms with E-state index in [-0.39, 0.29) is 12.0 Å². The largest absolute Gasteiger partial charge is 0.453 e. The Kier molecular flexibility index (Phi) is 7.08. The van der Waals surface area contributed by atoms with Crippen LogP contribution in [0.2, 0.25) is 0 Å². The minimum atomic E-state index is -5.01. The molecule has 0 fully saturated rings. The fraction of sp³-hybridized carbons (Fsp3) is 0.500. The Morgan fingerprint density at radius 2 is 1.73 bits per heavy atom. The highest BCUT2D eigenvalue weighted by Crippen LogP contribution is 2.23. The van der Waals surface area contributed by atoms with Gasteiger partial charge in [0.25, 0.3) is 5.78 Å². The molecule has 6 heteroatoms. The van der Waals surface area contributed by atoms with Gasteiger partial charge in [-0.2, -0.15) is 13.2 Å². The fourth-order valence-corrected chi connectivity index (χ4v) is 1.95. The van der Waals surface area contributed by atoms with Crippen molar-refractivity contribution in [3.05, 3.63) is 35.9 Å². The third kappa shape index (κ3) is 5.87. The van der Waals surface area contributed by atoms with Gasteiger partial charge in [0, 0.05) is 0 Å². The van der Waals surface area contributed by atoms with Gasteiger partial charge < -0.3 is 4.74 Å². The summed E-state index contributed by atoms with van der Waals surface area (Å²) in [5.41, 5.74) is 0.121. The van der Waals surface area contributed by atoms with Crippen LogP contribution in [0.4, 0.5) is 13.2 Å². The van der Waals surface area contributed by atoms with Gasteiger partial charge in [-0.1, -0.05) is 44.4 Å². The van der Waals surface area contributed by atoms with Crippen molar-refractivity contribution in [2.24, 2.45) is 0 Å². The first-order valence-corrected chi connectivity index (χ1v) is 7.23. The number of Topliss-reactive ketones (excluding diaryl/α,β-unsaturated/α-hetero) is 1. The molecule has 0 N–H and O–H groups in total. The van der Waals surface area contributed by atoms with Crippen LogP contribution >= 0.6 is 0 Å². The molecule has 0 heterocycles. The third-order valence-electron chi connectivity index (χ3n) is 3.15. The number of alkyl halides is 3. The van der Waals surface area contributed by atoms with E-state index in [0.717, 1.165) is 12.8 Å².